The average Bonchev–Trinajstić information content (AvgIpc) is 3.29. The Labute approximate surface area is 192 Å². The van der Waals surface area contributed by atoms with Crippen LogP contribution in [0.3, 0.4) is 0 Å². The third kappa shape index (κ3) is 4.71. The summed E-state index contributed by atoms with van der Waals surface area (Å²) in [6.45, 7) is 1.87. The number of hydrogen-bond donors (Lipinski definition) is 1. The van der Waals surface area contributed by atoms with Crippen molar-refractivity contribution in [2.75, 3.05) is 25.0 Å². The quantitative estimate of drug-likeness (QED) is 0.434. The topological polar surface area (TPSA) is 75.4 Å². The van der Waals surface area contributed by atoms with E-state index >= 15 is 0 Å². The molecule has 0 radical (unpaired) electrons. The Morgan fingerprint density at radius 1 is 0.909 bits per heavy atom. The van der Waals surface area contributed by atoms with Crippen molar-refractivity contribution >= 4 is 28.5 Å². The number of hydrogen-bond acceptors (Lipinski definition) is 5. The lowest BCUT2D eigenvalue weighted by molar-refractivity contribution is -0.117. The second kappa shape index (κ2) is 9.38. The van der Waals surface area contributed by atoms with Crippen molar-refractivity contribution in [1.82, 2.24) is 9.88 Å². The first-order valence-electron chi connectivity index (χ1n) is 11.2. The number of ketones is 1. The van der Waals surface area contributed by atoms with Crippen LogP contribution in [-0.4, -0.2) is 41.2 Å². The van der Waals surface area contributed by atoms with Crippen molar-refractivity contribution < 1.29 is 14.0 Å². The van der Waals surface area contributed by atoms with Gasteiger partial charge in [0.2, 0.25) is 5.91 Å². The fraction of sp³-hybridized carbons (Fsp3) is 0.222. The second-order valence-corrected chi connectivity index (χ2v) is 8.36. The lowest BCUT2D eigenvalue weighted by atomic mass is 9.97. The van der Waals surface area contributed by atoms with Crippen LogP contribution < -0.4 is 5.32 Å². The number of piperidine rings is 1. The number of aromatic nitrogens is 1. The molecule has 5 rings (SSSR count). The van der Waals surface area contributed by atoms with Gasteiger partial charge in [0, 0.05) is 17.0 Å². The van der Waals surface area contributed by atoms with Crippen molar-refractivity contribution in [2.24, 2.45) is 0 Å². The second-order valence-electron chi connectivity index (χ2n) is 8.36. The molecular formula is C27H25N3O3. The molecule has 1 saturated heterocycles. The maximum atomic E-state index is 12.9. The zero-order chi connectivity index (χ0) is 22.6. The van der Waals surface area contributed by atoms with Crippen LogP contribution in [0.4, 0.5) is 5.69 Å². The Bertz CT molecular complexity index is 1240. The fourth-order valence-corrected chi connectivity index (χ4v) is 4.33. The molecule has 0 spiro atoms. The monoisotopic (exact) mass is 439 g/mol. The summed E-state index contributed by atoms with van der Waals surface area (Å²) in [5.41, 5.74) is 3.33. The first-order chi connectivity index (χ1) is 16.2. The van der Waals surface area contributed by atoms with Gasteiger partial charge in [-0.15, -0.1) is 0 Å². The molecule has 0 bridgehead atoms. The highest BCUT2D eigenvalue weighted by molar-refractivity contribution is 6.13. The van der Waals surface area contributed by atoms with E-state index in [1.54, 1.807) is 24.3 Å². The Morgan fingerprint density at radius 3 is 2.39 bits per heavy atom. The molecule has 6 nitrogen and oxygen atoms in total. The van der Waals surface area contributed by atoms with Crippen LogP contribution in [0.15, 0.2) is 83.3 Å². The van der Waals surface area contributed by atoms with Gasteiger partial charge in [-0.1, -0.05) is 54.6 Å². The van der Waals surface area contributed by atoms with Gasteiger partial charge in [-0.3, -0.25) is 14.5 Å². The molecule has 166 valence electrons. The summed E-state index contributed by atoms with van der Waals surface area (Å²) < 4.78 is 5.93. The van der Waals surface area contributed by atoms with E-state index in [4.69, 9.17) is 4.42 Å². The molecule has 1 aliphatic rings. The van der Waals surface area contributed by atoms with Gasteiger partial charge in [0.05, 0.1) is 12.2 Å². The molecule has 33 heavy (non-hydrogen) atoms. The third-order valence-corrected chi connectivity index (χ3v) is 6.10. The van der Waals surface area contributed by atoms with E-state index in [9.17, 15) is 9.59 Å². The Kier molecular flexibility index (Phi) is 6.00. The Morgan fingerprint density at radius 2 is 1.61 bits per heavy atom. The Balaban J connectivity index is 1.19. The van der Waals surface area contributed by atoms with Gasteiger partial charge in [-0.05, 0) is 50.2 Å². The van der Waals surface area contributed by atoms with E-state index in [0.717, 1.165) is 42.9 Å². The predicted molar refractivity (Wildman–Crippen MR) is 127 cm³/mol. The van der Waals surface area contributed by atoms with Gasteiger partial charge in [-0.25, -0.2) is 4.98 Å². The number of carbonyl (C=O) groups is 2. The highest BCUT2D eigenvalue weighted by Gasteiger charge is 2.26. The highest BCUT2D eigenvalue weighted by atomic mass is 16.3. The van der Waals surface area contributed by atoms with Crippen LogP contribution in [0.2, 0.25) is 0 Å². The van der Waals surface area contributed by atoms with E-state index < -0.39 is 0 Å². The molecule has 1 fully saturated rings. The number of carbonyl (C=O) groups excluding carboxylic acids is 2. The van der Waals surface area contributed by atoms with E-state index in [1.807, 2.05) is 54.6 Å². The molecule has 1 amide bonds. The van der Waals surface area contributed by atoms with Gasteiger partial charge in [0.1, 0.15) is 5.52 Å². The molecule has 0 aliphatic carbocycles. The Hall–Kier alpha value is -3.77. The number of anilines is 1. The number of amides is 1. The number of fused-ring (bicyclic) bond motifs is 1. The average molecular weight is 440 g/mol. The maximum Gasteiger partial charge on any atom is 0.238 e. The van der Waals surface area contributed by atoms with Crippen molar-refractivity contribution in [3.05, 3.63) is 95.9 Å². The summed E-state index contributed by atoms with van der Waals surface area (Å²) in [6, 6.07) is 24.1. The number of likely N-dealkylation sites (tertiary alicyclic amines) is 1. The number of para-hydroxylation sites is 3. The van der Waals surface area contributed by atoms with Crippen LogP contribution >= 0.6 is 0 Å². The minimum absolute atomic E-state index is 0.106. The predicted octanol–water partition coefficient (Wildman–Crippen LogP) is 4.88. The fourth-order valence-electron chi connectivity index (χ4n) is 4.33. The molecule has 0 atom stereocenters. The maximum absolute atomic E-state index is 12.9. The van der Waals surface area contributed by atoms with Gasteiger partial charge in [0.25, 0.3) is 0 Å². The van der Waals surface area contributed by atoms with Crippen molar-refractivity contribution in [3.8, 4) is 0 Å². The van der Waals surface area contributed by atoms with Gasteiger partial charge in [0.15, 0.2) is 17.3 Å². The molecule has 2 heterocycles. The SMILES string of the molecule is O=C(CN1CCC(c2nc3ccccc3o2)CC1)Nc1ccccc1C(=O)c1ccccc1. The van der Waals surface area contributed by atoms with Crippen LogP contribution in [0.5, 0.6) is 0 Å². The molecule has 1 aromatic heterocycles. The standard InChI is InChI=1S/C27H25N3O3/c31-25(28-22-11-5-4-10-21(22)26(32)19-8-2-1-3-9-19)18-30-16-14-20(15-17-30)27-29-23-12-6-7-13-24(23)33-27/h1-13,20H,14-18H2,(H,28,31). The molecule has 3 aromatic carbocycles. The largest absolute Gasteiger partial charge is 0.440 e. The van der Waals surface area contributed by atoms with Crippen molar-refractivity contribution in [2.45, 2.75) is 18.8 Å². The van der Waals surface area contributed by atoms with Gasteiger partial charge in [-0.2, -0.15) is 0 Å². The van der Waals surface area contributed by atoms with Crippen molar-refractivity contribution in [1.29, 1.82) is 0 Å². The highest BCUT2D eigenvalue weighted by Crippen LogP contribution is 2.30. The molecule has 6 heteroatoms. The zero-order valence-corrected chi connectivity index (χ0v) is 18.2. The number of nitrogens with one attached hydrogen (secondary N) is 1. The van der Waals surface area contributed by atoms with Gasteiger partial charge < -0.3 is 9.73 Å². The smallest absolute Gasteiger partial charge is 0.238 e. The zero-order valence-electron chi connectivity index (χ0n) is 18.2. The molecule has 0 unspecified atom stereocenters. The first kappa shape index (κ1) is 21.1. The summed E-state index contributed by atoms with van der Waals surface area (Å²) in [4.78, 5) is 32.4. The van der Waals surface area contributed by atoms with Gasteiger partial charge >= 0.3 is 0 Å². The summed E-state index contributed by atoms with van der Waals surface area (Å²) in [5.74, 6) is 0.823. The summed E-state index contributed by atoms with van der Waals surface area (Å²) in [6.07, 6.45) is 1.78. The van der Waals surface area contributed by atoms with E-state index in [-0.39, 0.29) is 24.2 Å². The lowest BCUT2D eigenvalue weighted by Gasteiger charge is -2.30. The van der Waals surface area contributed by atoms with E-state index in [0.29, 0.717) is 16.8 Å². The lowest BCUT2D eigenvalue weighted by Crippen LogP contribution is -2.39. The van der Waals surface area contributed by atoms with Crippen LogP contribution in [-0.2, 0) is 4.79 Å². The van der Waals surface area contributed by atoms with Crippen molar-refractivity contribution in [3.63, 3.8) is 0 Å². The normalized spacial score (nSPS) is 14.9. The van der Waals surface area contributed by atoms with Crippen LogP contribution in [0.25, 0.3) is 11.1 Å². The molecule has 1 aliphatic heterocycles. The van der Waals surface area contributed by atoms with Crippen LogP contribution in [0, 0.1) is 0 Å². The summed E-state index contributed by atoms with van der Waals surface area (Å²) in [7, 11) is 0. The minimum atomic E-state index is -0.122. The molecular weight excluding hydrogens is 414 g/mol. The molecule has 4 aromatic rings. The van der Waals surface area contributed by atoms with E-state index in [2.05, 4.69) is 15.2 Å². The molecule has 0 saturated carbocycles. The number of nitrogens with zero attached hydrogens (tertiary/aromatic N) is 2. The number of benzene rings is 3. The number of rotatable bonds is 6. The van der Waals surface area contributed by atoms with Crippen LogP contribution in [0.1, 0.15) is 40.6 Å². The minimum Gasteiger partial charge on any atom is -0.440 e. The number of oxazole rings is 1. The van der Waals surface area contributed by atoms with E-state index in [1.165, 1.54) is 0 Å². The summed E-state index contributed by atoms with van der Waals surface area (Å²) >= 11 is 0. The first-order valence-corrected chi connectivity index (χ1v) is 11.2. The molecule has 1 N–H and O–H groups in total. The third-order valence-electron chi connectivity index (χ3n) is 6.10. The summed E-state index contributed by atoms with van der Waals surface area (Å²) in [5, 5.41) is 2.94.